The molecule has 2 N–H and O–H groups in total. The van der Waals surface area contributed by atoms with Crippen LogP contribution in [0.2, 0.25) is 0 Å². The SMILES string of the molecule is Cl.NCCC1CCCCN1C(=O)Cc1c(F)cccc1F. The molecule has 0 bridgehead atoms. The van der Waals surface area contributed by atoms with Crippen LogP contribution in [0.5, 0.6) is 0 Å². The first kappa shape index (κ1) is 17.9. The number of likely N-dealkylation sites (tertiary alicyclic amines) is 1. The van der Waals surface area contributed by atoms with Crippen LogP contribution in [-0.4, -0.2) is 29.9 Å². The van der Waals surface area contributed by atoms with Crippen molar-refractivity contribution in [3.63, 3.8) is 0 Å². The number of carbonyl (C=O) groups is 1. The molecule has 1 amide bonds. The van der Waals surface area contributed by atoms with E-state index in [-0.39, 0.29) is 36.3 Å². The molecule has 0 aliphatic carbocycles. The van der Waals surface area contributed by atoms with E-state index in [1.165, 1.54) is 18.2 Å². The van der Waals surface area contributed by atoms with Crippen molar-refractivity contribution in [3.8, 4) is 0 Å². The van der Waals surface area contributed by atoms with E-state index >= 15 is 0 Å². The molecular weight excluding hydrogens is 298 g/mol. The van der Waals surface area contributed by atoms with Crippen LogP contribution in [0.1, 0.15) is 31.2 Å². The Kier molecular flexibility index (Phi) is 7.05. The first-order valence-electron chi connectivity index (χ1n) is 7.06. The van der Waals surface area contributed by atoms with Crippen molar-refractivity contribution in [3.05, 3.63) is 35.4 Å². The average molecular weight is 319 g/mol. The Morgan fingerprint density at radius 3 is 2.57 bits per heavy atom. The van der Waals surface area contributed by atoms with Crippen LogP contribution in [0.15, 0.2) is 18.2 Å². The number of hydrogen-bond donors (Lipinski definition) is 1. The Balaban J connectivity index is 0.00000220. The monoisotopic (exact) mass is 318 g/mol. The minimum atomic E-state index is -0.661. The summed E-state index contributed by atoms with van der Waals surface area (Å²) >= 11 is 0. The molecule has 1 saturated heterocycles. The molecule has 3 nitrogen and oxygen atoms in total. The highest BCUT2D eigenvalue weighted by molar-refractivity contribution is 5.85. The molecule has 118 valence electrons. The molecule has 1 aromatic rings. The van der Waals surface area contributed by atoms with Crippen molar-refractivity contribution < 1.29 is 13.6 Å². The lowest BCUT2D eigenvalue weighted by atomic mass is 9.98. The topological polar surface area (TPSA) is 46.3 Å². The van der Waals surface area contributed by atoms with E-state index < -0.39 is 11.6 Å². The van der Waals surface area contributed by atoms with E-state index in [1.807, 2.05) is 0 Å². The molecule has 21 heavy (non-hydrogen) atoms. The maximum absolute atomic E-state index is 13.6. The minimum Gasteiger partial charge on any atom is -0.339 e. The van der Waals surface area contributed by atoms with Crippen molar-refractivity contribution >= 4 is 18.3 Å². The van der Waals surface area contributed by atoms with Gasteiger partial charge in [0, 0.05) is 18.2 Å². The summed E-state index contributed by atoms with van der Waals surface area (Å²) in [5.74, 6) is -1.54. The summed E-state index contributed by atoms with van der Waals surface area (Å²) in [6.45, 7) is 1.17. The van der Waals surface area contributed by atoms with Gasteiger partial charge in [-0.1, -0.05) is 6.07 Å². The number of rotatable bonds is 4. The lowest BCUT2D eigenvalue weighted by Gasteiger charge is -2.36. The second-order valence-corrected chi connectivity index (χ2v) is 5.19. The molecule has 1 atom stereocenters. The van der Waals surface area contributed by atoms with Crippen molar-refractivity contribution in [2.45, 2.75) is 38.1 Å². The third-order valence-corrected chi connectivity index (χ3v) is 3.84. The number of nitrogens with zero attached hydrogens (tertiary/aromatic N) is 1. The summed E-state index contributed by atoms with van der Waals surface area (Å²) in [5, 5.41) is 0. The Labute approximate surface area is 129 Å². The molecule has 1 unspecified atom stereocenters. The number of amides is 1. The third-order valence-electron chi connectivity index (χ3n) is 3.84. The second-order valence-electron chi connectivity index (χ2n) is 5.19. The summed E-state index contributed by atoms with van der Waals surface area (Å²) in [6.07, 6.45) is 3.45. The van der Waals surface area contributed by atoms with Crippen molar-refractivity contribution in [2.24, 2.45) is 5.73 Å². The minimum absolute atomic E-state index is 0. The quantitative estimate of drug-likeness (QED) is 0.927. The van der Waals surface area contributed by atoms with Crippen LogP contribution in [0, 0.1) is 11.6 Å². The lowest BCUT2D eigenvalue weighted by Crippen LogP contribution is -2.45. The van der Waals surface area contributed by atoms with E-state index in [0.717, 1.165) is 25.7 Å². The van der Waals surface area contributed by atoms with Gasteiger partial charge in [-0.2, -0.15) is 0 Å². The fourth-order valence-electron chi connectivity index (χ4n) is 2.78. The zero-order valence-corrected chi connectivity index (χ0v) is 12.7. The number of hydrogen-bond acceptors (Lipinski definition) is 2. The highest BCUT2D eigenvalue weighted by Gasteiger charge is 2.27. The molecule has 1 aromatic carbocycles. The van der Waals surface area contributed by atoms with E-state index in [1.54, 1.807) is 4.90 Å². The molecule has 0 radical (unpaired) electrons. The standard InChI is InChI=1S/C15H20F2N2O.ClH/c16-13-5-3-6-14(17)12(13)10-15(20)19-9-2-1-4-11(19)7-8-18;/h3,5-6,11H,1-2,4,7-10,18H2;1H. The highest BCUT2D eigenvalue weighted by atomic mass is 35.5. The largest absolute Gasteiger partial charge is 0.339 e. The molecule has 2 rings (SSSR count). The molecule has 6 heteroatoms. The molecule has 0 spiro atoms. The van der Waals surface area contributed by atoms with Crippen LogP contribution in [0.3, 0.4) is 0 Å². The first-order chi connectivity index (χ1) is 9.63. The van der Waals surface area contributed by atoms with Crippen LogP contribution in [0.25, 0.3) is 0 Å². The molecular formula is C15H21ClF2N2O. The van der Waals surface area contributed by atoms with Gasteiger partial charge in [0.25, 0.3) is 0 Å². The van der Waals surface area contributed by atoms with Gasteiger partial charge in [-0.15, -0.1) is 12.4 Å². The smallest absolute Gasteiger partial charge is 0.227 e. The summed E-state index contributed by atoms with van der Waals surface area (Å²) < 4.78 is 27.2. The molecule has 1 aliphatic heterocycles. The van der Waals surface area contributed by atoms with Crippen LogP contribution in [-0.2, 0) is 11.2 Å². The lowest BCUT2D eigenvalue weighted by molar-refractivity contribution is -0.134. The average Bonchev–Trinajstić information content (AvgIpc) is 2.44. The van der Waals surface area contributed by atoms with E-state index in [4.69, 9.17) is 5.73 Å². The van der Waals surface area contributed by atoms with Gasteiger partial charge in [-0.25, -0.2) is 8.78 Å². The van der Waals surface area contributed by atoms with Crippen molar-refractivity contribution in [2.75, 3.05) is 13.1 Å². The van der Waals surface area contributed by atoms with Crippen LogP contribution >= 0.6 is 12.4 Å². The molecule has 1 fully saturated rings. The highest BCUT2D eigenvalue weighted by Crippen LogP contribution is 2.21. The van der Waals surface area contributed by atoms with Crippen molar-refractivity contribution in [1.29, 1.82) is 0 Å². The Morgan fingerprint density at radius 1 is 1.29 bits per heavy atom. The van der Waals surface area contributed by atoms with Gasteiger partial charge in [-0.3, -0.25) is 4.79 Å². The summed E-state index contributed by atoms with van der Waals surface area (Å²) in [7, 11) is 0. The van der Waals surface area contributed by atoms with Crippen LogP contribution < -0.4 is 5.73 Å². The van der Waals surface area contributed by atoms with E-state index in [2.05, 4.69) is 0 Å². The summed E-state index contributed by atoms with van der Waals surface area (Å²) in [5.41, 5.74) is 5.42. The predicted octanol–water partition coefficient (Wildman–Crippen LogP) is 2.66. The van der Waals surface area contributed by atoms with Gasteiger partial charge in [0.2, 0.25) is 5.91 Å². The number of piperidine rings is 1. The normalized spacial score (nSPS) is 18.2. The number of carbonyl (C=O) groups excluding carboxylic acids is 1. The molecule has 0 aromatic heterocycles. The summed E-state index contributed by atoms with van der Waals surface area (Å²) in [4.78, 5) is 14.0. The summed E-state index contributed by atoms with van der Waals surface area (Å²) in [6, 6.07) is 3.77. The molecule has 0 saturated carbocycles. The van der Waals surface area contributed by atoms with E-state index in [9.17, 15) is 13.6 Å². The van der Waals surface area contributed by atoms with Gasteiger partial charge in [-0.05, 0) is 44.4 Å². The van der Waals surface area contributed by atoms with Crippen molar-refractivity contribution in [1.82, 2.24) is 4.90 Å². The van der Waals surface area contributed by atoms with Gasteiger partial charge in [0.1, 0.15) is 11.6 Å². The van der Waals surface area contributed by atoms with Gasteiger partial charge >= 0.3 is 0 Å². The zero-order valence-electron chi connectivity index (χ0n) is 11.9. The predicted molar refractivity (Wildman–Crippen MR) is 80.3 cm³/mol. The Hall–Kier alpha value is -1.20. The first-order valence-corrected chi connectivity index (χ1v) is 7.06. The maximum Gasteiger partial charge on any atom is 0.227 e. The number of nitrogens with two attached hydrogens (primary N) is 1. The molecule has 1 aliphatic rings. The fraction of sp³-hybridized carbons (Fsp3) is 0.533. The van der Waals surface area contributed by atoms with Gasteiger partial charge < -0.3 is 10.6 Å². The molecule has 1 heterocycles. The van der Waals surface area contributed by atoms with Gasteiger partial charge in [0.15, 0.2) is 0 Å². The van der Waals surface area contributed by atoms with E-state index in [0.29, 0.717) is 13.1 Å². The fourth-order valence-corrected chi connectivity index (χ4v) is 2.78. The number of benzene rings is 1. The number of halogens is 3. The second kappa shape index (κ2) is 8.29. The van der Waals surface area contributed by atoms with Crippen LogP contribution in [0.4, 0.5) is 8.78 Å². The zero-order chi connectivity index (χ0) is 14.5. The maximum atomic E-state index is 13.6. The Bertz CT molecular complexity index is 462. The Morgan fingerprint density at radius 2 is 1.95 bits per heavy atom. The van der Waals surface area contributed by atoms with Gasteiger partial charge in [0.05, 0.1) is 6.42 Å². The third kappa shape index (κ3) is 4.38.